The number of halogens is 1. The second-order valence-electron chi connectivity index (χ2n) is 7.97. The first-order chi connectivity index (χ1) is 17.8. The average Bonchev–Trinajstić information content (AvgIpc) is 3.25. The number of amidine groups is 1. The van der Waals surface area contributed by atoms with Gasteiger partial charge in [0.25, 0.3) is 5.91 Å². The van der Waals surface area contributed by atoms with Crippen molar-refractivity contribution in [3.05, 3.63) is 92.8 Å². The molecular formula is C28H23BrN2O5S. The molecule has 3 aromatic rings. The van der Waals surface area contributed by atoms with Crippen molar-refractivity contribution in [3.63, 3.8) is 0 Å². The van der Waals surface area contributed by atoms with E-state index in [0.29, 0.717) is 31.9 Å². The van der Waals surface area contributed by atoms with E-state index in [1.807, 2.05) is 30.3 Å². The lowest BCUT2D eigenvalue weighted by atomic mass is 10.1. The second kappa shape index (κ2) is 11.6. The second-order valence-corrected chi connectivity index (χ2v) is 9.84. The van der Waals surface area contributed by atoms with E-state index in [4.69, 9.17) is 9.47 Å². The summed E-state index contributed by atoms with van der Waals surface area (Å²) >= 11 is 4.55. The molecule has 1 aliphatic rings. The number of ether oxygens (including phenoxy) is 2. The molecule has 1 aliphatic heterocycles. The zero-order valence-electron chi connectivity index (χ0n) is 20.4. The number of rotatable bonds is 6. The van der Waals surface area contributed by atoms with Crippen molar-refractivity contribution in [1.29, 1.82) is 0 Å². The van der Waals surface area contributed by atoms with Crippen molar-refractivity contribution < 1.29 is 23.9 Å². The van der Waals surface area contributed by atoms with Gasteiger partial charge in [0.05, 0.1) is 27.7 Å². The smallest absolute Gasteiger partial charge is 0.343 e. The first-order valence-corrected chi connectivity index (χ1v) is 13.0. The fraction of sp³-hybridized carbons (Fsp3) is 0.143. The van der Waals surface area contributed by atoms with Crippen LogP contribution in [0.25, 0.3) is 6.08 Å². The lowest BCUT2D eigenvalue weighted by Gasteiger charge is -2.20. The molecule has 0 aromatic heterocycles. The van der Waals surface area contributed by atoms with Crippen LogP contribution in [0.2, 0.25) is 0 Å². The van der Waals surface area contributed by atoms with Crippen molar-refractivity contribution >= 4 is 62.4 Å². The molecule has 4 rings (SSSR count). The third-order valence-corrected chi connectivity index (χ3v) is 7.03. The lowest BCUT2D eigenvalue weighted by Crippen LogP contribution is -2.32. The minimum atomic E-state index is -0.526. The molecule has 0 radical (unpaired) electrons. The number of hydrogen-bond donors (Lipinski definition) is 0. The van der Waals surface area contributed by atoms with Crippen molar-refractivity contribution in [2.75, 3.05) is 12.0 Å². The van der Waals surface area contributed by atoms with E-state index in [1.54, 1.807) is 42.5 Å². The summed E-state index contributed by atoms with van der Waals surface area (Å²) in [4.78, 5) is 43.6. The summed E-state index contributed by atoms with van der Waals surface area (Å²) < 4.78 is 11.5. The number of esters is 1. The zero-order chi connectivity index (χ0) is 26.5. The monoisotopic (exact) mass is 578 g/mol. The third kappa shape index (κ3) is 6.00. The van der Waals surface area contributed by atoms with Crippen molar-refractivity contribution in [2.45, 2.75) is 20.3 Å². The van der Waals surface area contributed by atoms with E-state index in [9.17, 15) is 14.4 Å². The van der Waals surface area contributed by atoms with E-state index in [0.717, 1.165) is 23.7 Å². The highest BCUT2D eigenvalue weighted by atomic mass is 79.9. The standard InChI is InChI=1S/C28H23BrN2O5S/c1-4-18-10-12-21(13-11-18)31(17(2)32)28-30-26(33)24(37-28)16-19-14-22(29)25(23(15-19)35-3)36-27(34)20-8-6-5-7-9-20/h5-16H,4H2,1-3H3/b24-16-. The number of nitrogens with zero attached hydrogens (tertiary/aromatic N) is 2. The molecule has 0 saturated heterocycles. The van der Waals surface area contributed by atoms with Gasteiger partial charge < -0.3 is 9.47 Å². The van der Waals surface area contributed by atoms with Crippen LogP contribution >= 0.6 is 27.7 Å². The van der Waals surface area contributed by atoms with Crippen LogP contribution in [0.3, 0.4) is 0 Å². The van der Waals surface area contributed by atoms with Crippen LogP contribution < -0.4 is 14.4 Å². The predicted molar refractivity (Wildman–Crippen MR) is 149 cm³/mol. The van der Waals surface area contributed by atoms with Crippen LogP contribution in [0.15, 0.2) is 81.1 Å². The topological polar surface area (TPSA) is 85.3 Å². The molecule has 188 valence electrons. The van der Waals surface area contributed by atoms with Crippen LogP contribution in [0.5, 0.6) is 11.5 Å². The zero-order valence-corrected chi connectivity index (χ0v) is 22.8. The predicted octanol–water partition coefficient (Wildman–Crippen LogP) is 6.26. The molecule has 7 nitrogen and oxygen atoms in total. The van der Waals surface area contributed by atoms with E-state index in [2.05, 4.69) is 27.8 Å². The van der Waals surface area contributed by atoms with Gasteiger partial charge in [-0.05, 0) is 87.7 Å². The molecule has 0 fully saturated rings. The van der Waals surface area contributed by atoms with Crippen LogP contribution in [0, 0.1) is 0 Å². The van der Waals surface area contributed by atoms with E-state index in [1.165, 1.54) is 18.9 Å². The normalized spacial score (nSPS) is 13.9. The minimum absolute atomic E-state index is 0.221. The molecule has 0 spiro atoms. The Morgan fingerprint density at radius 2 is 1.78 bits per heavy atom. The summed E-state index contributed by atoms with van der Waals surface area (Å²) in [6, 6.07) is 19.6. The summed E-state index contributed by atoms with van der Waals surface area (Å²) in [7, 11) is 1.46. The fourth-order valence-corrected chi connectivity index (χ4v) is 5.12. The molecular weight excluding hydrogens is 556 g/mol. The molecule has 0 N–H and O–H groups in total. The molecule has 3 aromatic carbocycles. The molecule has 0 aliphatic carbocycles. The Kier molecular flexibility index (Phi) is 8.25. The van der Waals surface area contributed by atoms with Gasteiger partial charge in [-0.2, -0.15) is 4.99 Å². The Balaban J connectivity index is 1.58. The van der Waals surface area contributed by atoms with Gasteiger partial charge >= 0.3 is 5.97 Å². The highest BCUT2D eigenvalue weighted by Crippen LogP contribution is 2.39. The van der Waals surface area contributed by atoms with Crippen LogP contribution in [0.1, 0.15) is 35.3 Å². The molecule has 0 atom stereocenters. The van der Waals surface area contributed by atoms with Gasteiger partial charge in [0.1, 0.15) is 0 Å². The number of methoxy groups -OCH3 is 1. The quantitative estimate of drug-likeness (QED) is 0.195. The van der Waals surface area contributed by atoms with Gasteiger partial charge in [-0.3, -0.25) is 14.5 Å². The number of benzene rings is 3. The van der Waals surface area contributed by atoms with E-state index < -0.39 is 11.9 Å². The summed E-state index contributed by atoms with van der Waals surface area (Å²) in [5.74, 6) is -0.700. The highest BCUT2D eigenvalue weighted by Gasteiger charge is 2.29. The van der Waals surface area contributed by atoms with Crippen molar-refractivity contribution in [3.8, 4) is 11.5 Å². The molecule has 0 saturated carbocycles. The summed E-state index contributed by atoms with van der Waals surface area (Å²) in [5, 5.41) is 0.285. The number of aliphatic imine (C=N–C) groups is 1. The molecule has 9 heteroatoms. The third-order valence-electron chi connectivity index (χ3n) is 5.47. The largest absolute Gasteiger partial charge is 0.493 e. The van der Waals surface area contributed by atoms with Gasteiger partial charge in [0.15, 0.2) is 16.7 Å². The average molecular weight is 579 g/mol. The Morgan fingerprint density at radius 3 is 2.41 bits per heavy atom. The van der Waals surface area contributed by atoms with Crippen molar-refractivity contribution in [1.82, 2.24) is 0 Å². The molecule has 1 heterocycles. The number of amides is 2. The number of aryl methyl sites for hydroxylation is 1. The number of carbonyl (C=O) groups excluding carboxylic acids is 3. The van der Waals surface area contributed by atoms with Gasteiger partial charge in [0.2, 0.25) is 5.91 Å². The first-order valence-electron chi connectivity index (χ1n) is 11.4. The SMILES string of the molecule is CCc1ccc(N(C(C)=O)C2=NC(=O)/C(=C/c3cc(Br)c(OC(=O)c4ccccc4)c(OC)c3)S2)cc1. The fourth-order valence-electron chi connectivity index (χ4n) is 3.60. The minimum Gasteiger partial charge on any atom is -0.493 e. The van der Waals surface area contributed by atoms with Crippen LogP contribution in [-0.4, -0.2) is 30.1 Å². The Labute approximate surface area is 227 Å². The summed E-state index contributed by atoms with van der Waals surface area (Å²) in [6.45, 7) is 3.48. The van der Waals surface area contributed by atoms with Gasteiger partial charge in [-0.25, -0.2) is 4.79 Å². The molecule has 0 bridgehead atoms. The number of carbonyl (C=O) groups is 3. The maximum atomic E-state index is 12.7. The van der Waals surface area contributed by atoms with Crippen LogP contribution in [-0.2, 0) is 16.0 Å². The highest BCUT2D eigenvalue weighted by molar-refractivity contribution is 9.10. The summed E-state index contributed by atoms with van der Waals surface area (Å²) in [5.41, 5.74) is 2.80. The number of thioether (sulfide) groups is 1. The van der Waals surface area contributed by atoms with E-state index in [-0.39, 0.29) is 16.8 Å². The van der Waals surface area contributed by atoms with Gasteiger partial charge in [-0.1, -0.05) is 37.3 Å². The maximum Gasteiger partial charge on any atom is 0.343 e. The molecule has 2 amide bonds. The Bertz CT molecular complexity index is 1420. The lowest BCUT2D eigenvalue weighted by molar-refractivity contribution is -0.115. The first kappa shape index (κ1) is 26.4. The number of anilines is 1. The Morgan fingerprint density at radius 1 is 1.08 bits per heavy atom. The molecule has 0 unspecified atom stereocenters. The van der Waals surface area contributed by atoms with Crippen LogP contribution in [0.4, 0.5) is 5.69 Å². The van der Waals surface area contributed by atoms with Gasteiger partial charge in [-0.15, -0.1) is 0 Å². The number of hydrogen-bond acceptors (Lipinski definition) is 6. The summed E-state index contributed by atoms with van der Waals surface area (Å²) in [6.07, 6.45) is 2.53. The van der Waals surface area contributed by atoms with Gasteiger partial charge in [0, 0.05) is 6.92 Å². The molecule has 37 heavy (non-hydrogen) atoms. The van der Waals surface area contributed by atoms with E-state index >= 15 is 0 Å². The maximum absolute atomic E-state index is 12.7. The van der Waals surface area contributed by atoms with Crippen molar-refractivity contribution in [2.24, 2.45) is 4.99 Å². The Hall–Kier alpha value is -3.69.